The molecule has 7 heteroatoms. The van der Waals surface area contributed by atoms with E-state index < -0.39 is 22.5 Å². The molecule has 0 radical (unpaired) electrons. The van der Waals surface area contributed by atoms with Crippen molar-refractivity contribution >= 4 is 16.5 Å². The van der Waals surface area contributed by atoms with Crippen LogP contribution in [0.25, 0.3) is 0 Å². The van der Waals surface area contributed by atoms with Crippen molar-refractivity contribution in [2.45, 2.75) is 12.5 Å². The zero-order chi connectivity index (χ0) is 13.5. The highest BCUT2D eigenvalue weighted by Gasteiger charge is 2.19. The molecular formula is C11H13NO5S. The first kappa shape index (κ1) is 14.2. The molecule has 0 aromatic heterocycles. The quantitative estimate of drug-likeness (QED) is 0.741. The van der Waals surface area contributed by atoms with E-state index in [0.29, 0.717) is 5.75 Å². The van der Waals surface area contributed by atoms with Crippen molar-refractivity contribution < 1.29 is 22.7 Å². The van der Waals surface area contributed by atoms with Crippen molar-refractivity contribution in [1.29, 1.82) is 0 Å². The average Bonchev–Trinajstić information content (AvgIpc) is 2.37. The highest BCUT2D eigenvalue weighted by atomic mass is 32.2. The zero-order valence-electron chi connectivity index (χ0n) is 9.99. The predicted octanol–water partition coefficient (Wildman–Crippen LogP) is 0.842. The molecule has 6 nitrogen and oxygen atoms in total. The van der Waals surface area contributed by atoms with E-state index in [1.165, 1.54) is 7.11 Å². The number of rotatable bonds is 5. The van der Waals surface area contributed by atoms with Crippen molar-refractivity contribution in [2.24, 2.45) is 4.36 Å². The maximum atomic E-state index is 11.4. The van der Waals surface area contributed by atoms with Gasteiger partial charge in [-0.15, -0.1) is 0 Å². The first-order chi connectivity index (χ1) is 8.56. The molecule has 0 amide bonds. The van der Waals surface area contributed by atoms with E-state index in [1.54, 1.807) is 31.4 Å². The smallest absolute Gasteiger partial charge is 0.332 e. The third-order valence-corrected chi connectivity index (χ3v) is 2.70. The third-order valence-electron chi connectivity index (χ3n) is 2.27. The lowest BCUT2D eigenvalue weighted by Crippen LogP contribution is -2.22. The summed E-state index contributed by atoms with van der Waals surface area (Å²) < 4.78 is 33.8. The molecule has 0 unspecified atom stereocenters. The molecule has 1 aromatic rings. The minimum atomic E-state index is -2.65. The predicted molar refractivity (Wildman–Crippen MR) is 63.8 cm³/mol. The lowest BCUT2D eigenvalue weighted by Gasteiger charge is -2.08. The molecule has 0 fully saturated rings. The third kappa shape index (κ3) is 4.17. The number of carbonyl (C=O) groups excluding carboxylic acids is 1. The SMILES string of the molecule is COC(=O)[C@H](Cc1ccc(OC)cc1)N=S(=O)=O. The molecule has 0 spiro atoms. The Morgan fingerprint density at radius 2 is 1.89 bits per heavy atom. The Balaban J connectivity index is 2.88. The normalized spacial score (nSPS) is 11.4. The maximum absolute atomic E-state index is 11.4. The van der Waals surface area contributed by atoms with Crippen LogP contribution in [0.1, 0.15) is 5.56 Å². The first-order valence-electron chi connectivity index (χ1n) is 5.07. The van der Waals surface area contributed by atoms with Gasteiger partial charge in [-0.25, -0.2) is 4.79 Å². The lowest BCUT2D eigenvalue weighted by atomic mass is 10.1. The molecule has 1 rings (SSSR count). The fourth-order valence-corrected chi connectivity index (χ4v) is 1.76. The monoisotopic (exact) mass is 271 g/mol. The van der Waals surface area contributed by atoms with Gasteiger partial charge in [-0.3, -0.25) is 0 Å². The van der Waals surface area contributed by atoms with E-state index in [1.807, 2.05) is 0 Å². The molecule has 1 atom stereocenters. The van der Waals surface area contributed by atoms with Gasteiger partial charge >= 0.3 is 16.5 Å². The second kappa shape index (κ2) is 6.75. The first-order valence-corrected chi connectivity index (χ1v) is 6.11. The van der Waals surface area contributed by atoms with Gasteiger partial charge in [-0.05, 0) is 17.7 Å². The van der Waals surface area contributed by atoms with Crippen LogP contribution >= 0.6 is 0 Å². The summed E-state index contributed by atoms with van der Waals surface area (Å²) in [6.45, 7) is 0. The number of ether oxygens (including phenoxy) is 2. The van der Waals surface area contributed by atoms with Crippen LogP contribution in [0.2, 0.25) is 0 Å². The Kier molecular flexibility index (Phi) is 5.31. The molecule has 0 heterocycles. The van der Waals surface area contributed by atoms with E-state index in [0.717, 1.165) is 5.56 Å². The van der Waals surface area contributed by atoms with Crippen molar-refractivity contribution in [1.82, 2.24) is 0 Å². The summed E-state index contributed by atoms with van der Waals surface area (Å²) in [4.78, 5) is 11.4. The Labute approximate surface area is 106 Å². The van der Waals surface area contributed by atoms with Gasteiger partial charge in [-0.2, -0.15) is 12.8 Å². The molecule has 18 heavy (non-hydrogen) atoms. The summed E-state index contributed by atoms with van der Waals surface area (Å²) in [7, 11) is 0.0829. The van der Waals surface area contributed by atoms with E-state index in [9.17, 15) is 13.2 Å². The second-order valence-electron chi connectivity index (χ2n) is 3.41. The van der Waals surface area contributed by atoms with Crippen LogP contribution in [0.3, 0.4) is 0 Å². The minimum Gasteiger partial charge on any atom is -0.497 e. The van der Waals surface area contributed by atoms with E-state index in [2.05, 4.69) is 9.10 Å². The van der Waals surface area contributed by atoms with E-state index in [4.69, 9.17) is 4.74 Å². The highest BCUT2D eigenvalue weighted by Crippen LogP contribution is 2.14. The fraction of sp³-hybridized carbons (Fsp3) is 0.364. The zero-order valence-corrected chi connectivity index (χ0v) is 10.8. The second-order valence-corrected chi connectivity index (χ2v) is 4.06. The van der Waals surface area contributed by atoms with Gasteiger partial charge in [0, 0.05) is 6.42 Å². The van der Waals surface area contributed by atoms with Gasteiger partial charge < -0.3 is 9.47 Å². The molecule has 0 aliphatic rings. The number of nitrogens with zero attached hydrogens (tertiary/aromatic N) is 1. The Morgan fingerprint density at radius 3 is 2.33 bits per heavy atom. The van der Waals surface area contributed by atoms with Crippen LogP contribution in [-0.2, 0) is 26.5 Å². The molecular weight excluding hydrogens is 258 g/mol. The van der Waals surface area contributed by atoms with Crippen LogP contribution in [-0.4, -0.2) is 34.6 Å². The maximum Gasteiger partial charge on any atom is 0.332 e. The molecule has 0 aliphatic heterocycles. The number of hydrogen-bond acceptors (Lipinski definition) is 6. The number of methoxy groups -OCH3 is 2. The number of benzene rings is 1. The standard InChI is InChI=1S/C11H13NO5S/c1-16-9-5-3-8(4-6-9)7-10(11(13)17-2)12-18(14)15/h3-6,10H,7H2,1-2H3/t10-/m0/s1. The van der Waals surface area contributed by atoms with Crippen molar-refractivity contribution in [3.8, 4) is 5.75 Å². The average molecular weight is 271 g/mol. The summed E-state index contributed by atoms with van der Waals surface area (Å²) in [5.74, 6) is -0.00674. The summed E-state index contributed by atoms with van der Waals surface area (Å²) in [5.41, 5.74) is 0.764. The van der Waals surface area contributed by atoms with E-state index >= 15 is 0 Å². The van der Waals surface area contributed by atoms with Crippen LogP contribution in [0.15, 0.2) is 28.6 Å². The number of carbonyl (C=O) groups is 1. The van der Waals surface area contributed by atoms with Crippen molar-refractivity contribution in [3.05, 3.63) is 29.8 Å². The van der Waals surface area contributed by atoms with Crippen LogP contribution < -0.4 is 4.74 Å². The van der Waals surface area contributed by atoms with Gasteiger partial charge in [0.1, 0.15) is 5.75 Å². The minimum absolute atomic E-state index is 0.157. The van der Waals surface area contributed by atoms with Crippen molar-refractivity contribution in [3.63, 3.8) is 0 Å². The van der Waals surface area contributed by atoms with Gasteiger partial charge in [-0.1, -0.05) is 12.1 Å². The highest BCUT2D eigenvalue weighted by molar-refractivity contribution is 7.61. The summed E-state index contributed by atoms with van der Waals surface area (Å²) >= 11 is 0. The van der Waals surface area contributed by atoms with Gasteiger partial charge in [0.15, 0.2) is 6.04 Å². The van der Waals surface area contributed by atoms with Crippen molar-refractivity contribution in [2.75, 3.05) is 14.2 Å². The van der Waals surface area contributed by atoms with Gasteiger partial charge in [0.2, 0.25) is 0 Å². The summed E-state index contributed by atoms with van der Waals surface area (Å²) in [5, 5.41) is 0. The number of hydrogen-bond donors (Lipinski definition) is 0. The number of esters is 1. The lowest BCUT2D eigenvalue weighted by molar-refractivity contribution is -0.142. The molecule has 0 saturated carbocycles. The Morgan fingerprint density at radius 1 is 1.28 bits per heavy atom. The molecule has 0 aliphatic carbocycles. The fourth-order valence-electron chi connectivity index (χ4n) is 1.39. The largest absolute Gasteiger partial charge is 0.497 e. The van der Waals surface area contributed by atoms with Crippen LogP contribution in [0, 0.1) is 0 Å². The van der Waals surface area contributed by atoms with Crippen LogP contribution in [0.5, 0.6) is 5.75 Å². The Bertz CT molecular complexity index is 527. The topological polar surface area (TPSA) is 82.0 Å². The molecule has 0 bridgehead atoms. The van der Waals surface area contributed by atoms with E-state index in [-0.39, 0.29) is 6.42 Å². The summed E-state index contributed by atoms with van der Waals surface area (Å²) in [6, 6.07) is 5.85. The molecule has 0 saturated heterocycles. The summed E-state index contributed by atoms with van der Waals surface area (Å²) in [6.07, 6.45) is 0.157. The molecule has 98 valence electrons. The molecule has 0 N–H and O–H groups in total. The molecule has 1 aromatic carbocycles. The Hall–Kier alpha value is -1.89. The van der Waals surface area contributed by atoms with Crippen LogP contribution in [0.4, 0.5) is 0 Å². The van der Waals surface area contributed by atoms with Gasteiger partial charge in [0.05, 0.1) is 14.2 Å². The van der Waals surface area contributed by atoms with Gasteiger partial charge in [0.25, 0.3) is 0 Å².